The van der Waals surface area contributed by atoms with E-state index in [9.17, 15) is 18.0 Å². The lowest BCUT2D eigenvalue weighted by molar-refractivity contribution is -0.137. The summed E-state index contributed by atoms with van der Waals surface area (Å²) in [6.07, 6.45) is -4.35. The predicted molar refractivity (Wildman–Crippen MR) is 89.8 cm³/mol. The maximum Gasteiger partial charge on any atom is 0.416 e. The number of rotatable bonds is 5. The fraction of sp³-hybridized carbons (Fsp3) is 0.118. The van der Waals surface area contributed by atoms with Gasteiger partial charge in [0.1, 0.15) is 0 Å². The lowest BCUT2D eigenvalue weighted by Gasteiger charge is -2.08. The molecule has 0 radical (unpaired) electrons. The van der Waals surface area contributed by atoms with E-state index in [1.807, 2.05) is 12.1 Å². The standard InChI is InChI=1S/C17H12F3N3O2S/c18-17(19,20)13-7-5-12(6-8-13)11-3-1-10(2-4-11)9-26-15-14(16(24)25)21-23-22-15/h1-8H,9H2,(H,24,25)(H,21,22,23). The first-order chi connectivity index (χ1) is 12.3. The van der Waals surface area contributed by atoms with Crippen molar-refractivity contribution in [3.05, 3.63) is 65.4 Å². The summed E-state index contributed by atoms with van der Waals surface area (Å²) in [5.74, 6) is -0.668. The quantitative estimate of drug-likeness (QED) is 0.639. The van der Waals surface area contributed by atoms with Crippen LogP contribution in [-0.2, 0) is 11.9 Å². The van der Waals surface area contributed by atoms with E-state index in [2.05, 4.69) is 15.4 Å². The van der Waals surface area contributed by atoms with Crippen LogP contribution in [0, 0.1) is 0 Å². The first-order valence-electron chi connectivity index (χ1n) is 7.38. The number of aromatic carboxylic acids is 1. The largest absolute Gasteiger partial charge is 0.476 e. The summed E-state index contributed by atoms with van der Waals surface area (Å²) in [4.78, 5) is 11.0. The topological polar surface area (TPSA) is 78.9 Å². The molecule has 1 aromatic heterocycles. The maximum atomic E-state index is 12.6. The van der Waals surface area contributed by atoms with E-state index in [0.717, 1.165) is 23.3 Å². The molecule has 2 aromatic carbocycles. The van der Waals surface area contributed by atoms with Gasteiger partial charge in [-0.15, -0.1) is 10.2 Å². The molecule has 3 rings (SSSR count). The Morgan fingerprint density at radius 1 is 1.00 bits per heavy atom. The molecule has 0 fully saturated rings. The number of carbonyl (C=O) groups is 1. The minimum absolute atomic E-state index is 0.128. The second kappa shape index (κ2) is 7.20. The molecular formula is C17H12F3N3O2S. The summed E-state index contributed by atoms with van der Waals surface area (Å²) in [6, 6.07) is 12.2. The number of benzene rings is 2. The van der Waals surface area contributed by atoms with E-state index in [1.165, 1.54) is 23.9 Å². The van der Waals surface area contributed by atoms with Gasteiger partial charge in [-0.3, -0.25) is 0 Å². The van der Waals surface area contributed by atoms with Gasteiger partial charge in [-0.25, -0.2) is 4.79 Å². The van der Waals surface area contributed by atoms with Crippen molar-refractivity contribution in [3.8, 4) is 11.1 Å². The highest BCUT2D eigenvalue weighted by Gasteiger charge is 2.29. The zero-order valence-corrected chi connectivity index (χ0v) is 13.9. The number of nitrogens with zero attached hydrogens (tertiary/aromatic N) is 2. The molecule has 2 N–H and O–H groups in total. The summed E-state index contributed by atoms with van der Waals surface area (Å²) < 4.78 is 37.8. The van der Waals surface area contributed by atoms with Crippen molar-refractivity contribution >= 4 is 17.7 Å². The Morgan fingerprint density at radius 3 is 2.12 bits per heavy atom. The van der Waals surface area contributed by atoms with Gasteiger partial charge >= 0.3 is 12.1 Å². The van der Waals surface area contributed by atoms with E-state index in [4.69, 9.17) is 5.11 Å². The van der Waals surface area contributed by atoms with Crippen LogP contribution in [0.3, 0.4) is 0 Å². The average Bonchev–Trinajstić information content (AvgIpc) is 3.09. The van der Waals surface area contributed by atoms with Crippen LogP contribution in [0.25, 0.3) is 11.1 Å². The highest BCUT2D eigenvalue weighted by atomic mass is 32.2. The number of nitrogens with one attached hydrogen (secondary N) is 1. The van der Waals surface area contributed by atoms with Crippen LogP contribution in [0.15, 0.2) is 53.6 Å². The van der Waals surface area contributed by atoms with Crippen molar-refractivity contribution in [1.82, 2.24) is 15.4 Å². The van der Waals surface area contributed by atoms with Crippen LogP contribution in [0.1, 0.15) is 21.6 Å². The number of hydrogen-bond donors (Lipinski definition) is 2. The molecule has 0 saturated carbocycles. The molecule has 0 spiro atoms. The molecule has 5 nitrogen and oxygen atoms in total. The van der Waals surface area contributed by atoms with Crippen LogP contribution >= 0.6 is 11.8 Å². The van der Waals surface area contributed by atoms with E-state index < -0.39 is 17.7 Å². The third kappa shape index (κ3) is 4.05. The number of hydrogen-bond acceptors (Lipinski definition) is 4. The minimum Gasteiger partial charge on any atom is -0.476 e. The van der Waals surface area contributed by atoms with Gasteiger partial charge in [-0.05, 0) is 28.8 Å². The first-order valence-corrected chi connectivity index (χ1v) is 8.36. The minimum atomic E-state index is -4.35. The molecule has 0 bridgehead atoms. The molecule has 0 atom stereocenters. The lowest BCUT2D eigenvalue weighted by Crippen LogP contribution is -2.03. The third-order valence-electron chi connectivity index (χ3n) is 3.59. The summed E-state index contributed by atoms with van der Waals surface area (Å²) in [5, 5.41) is 18.9. The maximum absolute atomic E-state index is 12.6. The monoisotopic (exact) mass is 379 g/mol. The molecule has 26 heavy (non-hydrogen) atoms. The fourth-order valence-electron chi connectivity index (χ4n) is 2.26. The molecule has 0 aliphatic rings. The van der Waals surface area contributed by atoms with Gasteiger partial charge in [-0.1, -0.05) is 48.2 Å². The SMILES string of the molecule is O=C(O)c1n[nH]nc1SCc1ccc(-c2ccc(C(F)(F)F)cc2)cc1. The second-order valence-electron chi connectivity index (χ2n) is 5.34. The number of carboxylic acid groups (broad SMARTS) is 1. The number of thioether (sulfide) groups is 1. The molecule has 0 amide bonds. The molecule has 0 saturated heterocycles. The number of aromatic nitrogens is 3. The first kappa shape index (κ1) is 18.0. The smallest absolute Gasteiger partial charge is 0.416 e. The highest BCUT2D eigenvalue weighted by Crippen LogP contribution is 2.31. The van der Waals surface area contributed by atoms with Gasteiger partial charge in [0.15, 0.2) is 5.03 Å². The summed E-state index contributed by atoms with van der Waals surface area (Å²) in [7, 11) is 0. The number of alkyl halides is 3. The molecule has 0 aliphatic heterocycles. The number of carboxylic acids is 1. The molecule has 9 heteroatoms. The highest BCUT2D eigenvalue weighted by molar-refractivity contribution is 7.98. The molecule has 1 heterocycles. The Balaban J connectivity index is 1.68. The van der Waals surface area contributed by atoms with E-state index in [-0.39, 0.29) is 5.69 Å². The van der Waals surface area contributed by atoms with Crippen LogP contribution in [0.5, 0.6) is 0 Å². The van der Waals surface area contributed by atoms with Crippen LogP contribution < -0.4 is 0 Å². The molecule has 134 valence electrons. The van der Waals surface area contributed by atoms with Crippen molar-refractivity contribution in [2.45, 2.75) is 17.0 Å². The summed E-state index contributed by atoms with van der Waals surface area (Å²) in [5.41, 5.74) is 1.58. The number of aromatic amines is 1. The Morgan fingerprint density at radius 2 is 1.58 bits per heavy atom. The third-order valence-corrected chi connectivity index (χ3v) is 4.63. The van der Waals surface area contributed by atoms with Crippen LogP contribution in [0.2, 0.25) is 0 Å². The number of halogens is 3. The normalized spacial score (nSPS) is 11.5. The predicted octanol–water partition coefficient (Wildman–Crippen LogP) is 4.48. The van der Waals surface area contributed by atoms with E-state index >= 15 is 0 Å². The molecule has 0 unspecified atom stereocenters. The van der Waals surface area contributed by atoms with Gasteiger partial charge in [0.05, 0.1) is 5.56 Å². The van der Waals surface area contributed by atoms with Crippen LogP contribution in [-0.4, -0.2) is 26.5 Å². The molecular weight excluding hydrogens is 367 g/mol. The van der Waals surface area contributed by atoms with Crippen molar-refractivity contribution in [1.29, 1.82) is 0 Å². The summed E-state index contributed by atoms with van der Waals surface area (Å²) >= 11 is 1.23. The Hall–Kier alpha value is -2.81. The molecule has 3 aromatic rings. The van der Waals surface area contributed by atoms with Gasteiger partial charge in [0.2, 0.25) is 5.69 Å². The van der Waals surface area contributed by atoms with Crippen molar-refractivity contribution < 1.29 is 23.1 Å². The van der Waals surface area contributed by atoms with Gasteiger partial charge in [-0.2, -0.15) is 18.4 Å². The Labute approximate surface area is 150 Å². The van der Waals surface area contributed by atoms with E-state index in [1.54, 1.807) is 12.1 Å². The van der Waals surface area contributed by atoms with E-state index in [0.29, 0.717) is 16.3 Å². The fourth-order valence-corrected chi connectivity index (χ4v) is 3.13. The summed E-state index contributed by atoms with van der Waals surface area (Å²) in [6.45, 7) is 0. The zero-order valence-electron chi connectivity index (χ0n) is 13.1. The van der Waals surface area contributed by atoms with Gasteiger partial charge < -0.3 is 5.11 Å². The Kier molecular flexibility index (Phi) is 4.99. The van der Waals surface area contributed by atoms with Gasteiger partial charge in [0, 0.05) is 5.75 Å². The zero-order chi connectivity index (χ0) is 18.7. The number of H-pyrrole nitrogens is 1. The molecule has 0 aliphatic carbocycles. The van der Waals surface area contributed by atoms with Crippen LogP contribution in [0.4, 0.5) is 13.2 Å². The van der Waals surface area contributed by atoms with Crippen molar-refractivity contribution in [2.75, 3.05) is 0 Å². The average molecular weight is 379 g/mol. The Bertz CT molecular complexity index is 906. The van der Waals surface area contributed by atoms with Crippen molar-refractivity contribution in [2.24, 2.45) is 0 Å². The second-order valence-corrected chi connectivity index (χ2v) is 6.31. The van der Waals surface area contributed by atoms with Gasteiger partial charge in [0.25, 0.3) is 0 Å². The lowest BCUT2D eigenvalue weighted by atomic mass is 10.0. The van der Waals surface area contributed by atoms with Crippen molar-refractivity contribution in [3.63, 3.8) is 0 Å².